The second kappa shape index (κ2) is 4.85. The third-order valence-electron chi connectivity index (χ3n) is 5.20. The number of rotatable bonds is 0. The molecule has 0 radical (unpaired) electrons. The van der Waals surface area contributed by atoms with Gasteiger partial charge in [-0.05, 0) is 13.0 Å². The van der Waals surface area contributed by atoms with Gasteiger partial charge in [-0.15, -0.1) is 9.78 Å². The molecule has 0 saturated carbocycles. The highest BCUT2D eigenvalue weighted by atomic mass is 19.4. The maximum absolute atomic E-state index is 14.1. The van der Waals surface area contributed by atoms with Crippen molar-refractivity contribution in [1.82, 2.24) is 24.5 Å². The average molecular weight is 401 g/mol. The molecule has 11 heteroatoms. The molecular formula is C18H11F4N7+2. The van der Waals surface area contributed by atoms with Crippen LogP contribution in [0, 0.1) is 12.7 Å². The van der Waals surface area contributed by atoms with Crippen LogP contribution < -0.4 is 9.13 Å². The second-order valence-electron chi connectivity index (χ2n) is 6.87. The van der Waals surface area contributed by atoms with E-state index in [1.54, 1.807) is 40.5 Å². The minimum atomic E-state index is -4.65. The summed E-state index contributed by atoms with van der Waals surface area (Å²) in [6, 6.07) is 8.70. The highest BCUT2D eigenvalue weighted by Gasteiger charge is 2.70. The Morgan fingerprint density at radius 3 is 2.55 bits per heavy atom. The van der Waals surface area contributed by atoms with Crippen LogP contribution in [0.3, 0.4) is 0 Å². The Morgan fingerprint density at radius 1 is 0.966 bits per heavy atom. The Balaban J connectivity index is 1.81. The summed E-state index contributed by atoms with van der Waals surface area (Å²) >= 11 is 0. The summed E-state index contributed by atoms with van der Waals surface area (Å²) in [4.78, 5) is 4.45. The molecule has 0 fully saturated rings. The van der Waals surface area contributed by atoms with E-state index in [1.165, 1.54) is 27.7 Å². The molecule has 6 rings (SSSR count). The maximum atomic E-state index is 14.1. The van der Waals surface area contributed by atoms with Crippen LogP contribution in [-0.4, -0.2) is 24.5 Å². The third-order valence-corrected chi connectivity index (χ3v) is 5.20. The molecule has 1 unspecified atom stereocenters. The molecule has 0 amide bonds. The molecule has 7 nitrogen and oxygen atoms in total. The van der Waals surface area contributed by atoms with Crippen molar-refractivity contribution in [2.45, 2.75) is 19.0 Å². The smallest absolute Gasteiger partial charge is 0.206 e. The van der Waals surface area contributed by atoms with Crippen LogP contribution >= 0.6 is 0 Å². The first-order valence-electron chi connectivity index (χ1n) is 8.67. The molecule has 0 bridgehead atoms. The molecule has 4 aromatic heterocycles. The zero-order valence-corrected chi connectivity index (χ0v) is 14.8. The van der Waals surface area contributed by atoms with Gasteiger partial charge in [-0.3, -0.25) is 0 Å². The van der Waals surface area contributed by atoms with Crippen LogP contribution in [0.2, 0.25) is 0 Å². The molecular weight excluding hydrogens is 390 g/mol. The Hall–Kier alpha value is -3.63. The zero-order chi connectivity index (χ0) is 20.1. The average Bonchev–Trinajstić information content (AvgIpc) is 3.37. The number of nitrogens with zero attached hydrogens (tertiary/aromatic N) is 7. The summed E-state index contributed by atoms with van der Waals surface area (Å²) in [6.45, 7) is 1.70. The number of pyridine rings is 2. The molecule has 2 aliphatic rings. The molecule has 0 saturated heterocycles. The zero-order valence-electron chi connectivity index (χ0n) is 14.8. The second-order valence-corrected chi connectivity index (χ2v) is 6.87. The van der Waals surface area contributed by atoms with Gasteiger partial charge in [-0.1, -0.05) is 13.8 Å². The van der Waals surface area contributed by atoms with E-state index in [1.807, 2.05) is 0 Å². The molecule has 1 spiro atoms. The molecule has 4 aromatic rings. The van der Waals surface area contributed by atoms with Gasteiger partial charge in [0.2, 0.25) is 11.5 Å². The van der Waals surface area contributed by atoms with E-state index in [-0.39, 0.29) is 11.4 Å². The summed E-state index contributed by atoms with van der Waals surface area (Å²) in [7, 11) is 0. The van der Waals surface area contributed by atoms with Gasteiger partial charge in [0, 0.05) is 30.3 Å². The standard InChI is InChI=1S/C18H11F4N7/c1-10-23-16-12-4-2-3-6-26(12)18(29(16)24-10)27-7-5-11(19)8-13(27)14-9-15(17(20,21)22)25-28(14)18/h2-9H,1H3/q+2. The van der Waals surface area contributed by atoms with Crippen molar-refractivity contribution in [1.29, 1.82) is 0 Å². The molecule has 0 aliphatic carbocycles. The molecule has 2 aliphatic heterocycles. The van der Waals surface area contributed by atoms with E-state index in [9.17, 15) is 17.6 Å². The number of aromatic nitrogens is 7. The van der Waals surface area contributed by atoms with Crippen molar-refractivity contribution in [3.63, 3.8) is 0 Å². The van der Waals surface area contributed by atoms with Gasteiger partial charge in [-0.25, -0.2) is 9.37 Å². The van der Waals surface area contributed by atoms with Gasteiger partial charge < -0.3 is 0 Å². The van der Waals surface area contributed by atoms with Gasteiger partial charge in [0.1, 0.15) is 11.6 Å². The predicted octanol–water partition coefficient (Wildman–Crippen LogP) is 1.69. The summed E-state index contributed by atoms with van der Waals surface area (Å²) < 4.78 is 60.6. The van der Waals surface area contributed by atoms with Gasteiger partial charge in [0.15, 0.2) is 23.8 Å². The molecule has 0 aromatic carbocycles. The van der Waals surface area contributed by atoms with Crippen molar-refractivity contribution in [3.05, 3.63) is 66.1 Å². The number of alkyl halides is 3. The third kappa shape index (κ3) is 1.80. The molecule has 0 N–H and O–H groups in total. The Bertz CT molecular complexity index is 1340. The summed E-state index contributed by atoms with van der Waals surface area (Å²) in [6.07, 6.45) is -1.46. The van der Waals surface area contributed by atoms with Crippen LogP contribution in [0.15, 0.2) is 48.8 Å². The highest BCUT2D eigenvalue weighted by Crippen LogP contribution is 2.39. The van der Waals surface area contributed by atoms with Crippen molar-refractivity contribution >= 4 is 0 Å². The number of hydrogen-bond acceptors (Lipinski definition) is 3. The van der Waals surface area contributed by atoms with Gasteiger partial charge in [0.05, 0.1) is 0 Å². The summed E-state index contributed by atoms with van der Waals surface area (Å²) in [5.74, 6) is -1.10. The molecule has 1 atom stereocenters. The van der Waals surface area contributed by atoms with E-state index >= 15 is 0 Å². The van der Waals surface area contributed by atoms with Crippen LogP contribution in [0.5, 0.6) is 0 Å². The molecule has 29 heavy (non-hydrogen) atoms. The first-order valence-corrected chi connectivity index (χ1v) is 8.67. The largest absolute Gasteiger partial charge is 0.584 e. The minimum absolute atomic E-state index is 0.125. The molecule has 6 heterocycles. The maximum Gasteiger partial charge on any atom is 0.584 e. The first-order chi connectivity index (χ1) is 13.8. The van der Waals surface area contributed by atoms with Gasteiger partial charge in [0.25, 0.3) is 5.69 Å². The highest BCUT2D eigenvalue weighted by molar-refractivity contribution is 5.56. The quantitative estimate of drug-likeness (QED) is 0.288. The van der Waals surface area contributed by atoms with Crippen molar-refractivity contribution in [2.75, 3.05) is 0 Å². The number of aryl methyl sites for hydroxylation is 1. The first kappa shape index (κ1) is 16.3. The number of hydrogen-bond donors (Lipinski definition) is 0. The van der Waals surface area contributed by atoms with Crippen molar-refractivity contribution < 1.29 is 26.7 Å². The lowest BCUT2D eigenvalue weighted by Crippen LogP contribution is -2.77. The van der Waals surface area contributed by atoms with Crippen LogP contribution in [0.1, 0.15) is 11.5 Å². The normalized spacial score (nSPS) is 18.7. The SMILES string of the molecule is Cc1nc2n(n1)C1(n3nc(C(F)(F)F)cc3-c3cc(F)cc[n+]31)[n+]1ccccc1-2. The fourth-order valence-electron chi connectivity index (χ4n) is 4.15. The molecule has 144 valence electrons. The Morgan fingerprint density at radius 2 is 1.76 bits per heavy atom. The van der Waals surface area contributed by atoms with E-state index in [0.29, 0.717) is 17.3 Å². The van der Waals surface area contributed by atoms with E-state index in [2.05, 4.69) is 15.2 Å². The van der Waals surface area contributed by atoms with E-state index in [4.69, 9.17) is 0 Å². The summed E-state index contributed by atoms with van der Waals surface area (Å²) in [5, 5.41) is 8.35. The van der Waals surface area contributed by atoms with E-state index < -0.39 is 23.6 Å². The predicted molar refractivity (Wildman–Crippen MR) is 87.4 cm³/mol. The lowest BCUT2D eigenvalue weighted by molar-refractivity contribution is -0.990. The lowest BCUT2D eigenvalue weighted by Gasteiger charge is -2.15. The topological polar surface area (TPSA) is 56.3 Å². The van der Waals surface area contributed by atoms with Crippen LogP contribution in [0.25, 0.3) is 22.9 Å². The number of halogens is 4. The lowest BCUT2D eigenvalue weighted by atomic mass is 10.2. The van der Waals surface area contributed by atoms with Gasteiger partial charge in [-0.2, -0.15) is 18.3 Å². The van der Waals surface area contributed by atoms with Crippen LogP contribution in [0.4, 0.5) is 17.6 Å². The Labute approximate surface area is 160 Å². The minimum Gasteiger partial charge on any atom is -0.206 e. The van der Waals surface area contributed by atoms with Crippen molar-refractivity contribution in [2.24, 2.45) is 0 Å². The van der Waals surface area contributed by atoms with Gasteiger partial charge >= 0.3 is 12.1 Å². The van der Waals surface area contributed by atoms with Crippen LogP contribution in [-0.2, 0) is 12.1 Å². The summed E-state index contributed by atoms with van der Waals surface area (Å²) in [5.41, 5.74) is -0.0463. The fourth-order valence-corrected chi connectivity index (χ4v) is 4.15. The Kier molecular flexibility index (Phi) is 2.73. The number of fused-ring (bicyclic) bond motifs is 10. The van der Waals surface area contributed by atoms with Crippen molar-refractivity contribution in [3.8, 4) is 22.9 Å². The fraction of sp³-hybridized carbons (Fsp3) is 0.167. The van der Waals surface area contributed by atoms with E-state index in [0.717, 1.165) is 6.07 Å². The monoisotopic (exact) mass is 401 g/mol.